The second kappa shape index (κ2) is 8.52. The molecule has 3 N–H and O–H groups in total. The first-order valence-electron chi connectivity index (χ1n) is 6.92. The van der Waals surface area contributed by atoms with Crippen LogP contribution in [0.1, 0.15) is 39.0 Å². The zero-order valence-corrected chi connectivity index (χ0v) is 11.7. The van der Waals surface area contributed by atoms with Gasteiger partial charge in [0, 0.05) is 6.04 Å². The third-order valence-corrected chi connectivity index (χ3v) is 3.46. The molecule has 0 aliphatic heterocycles. The summed E-state index contributed by atoms with van der Waals surface area (Å²) in [6.45, 7) is 1.09. The van der Waals surface area contributed by atoms with Gasteiger partial charge in [-0.05, 0) is 18.8 Å². The number of hydrogen-bond donors (Lipinski definition) is 3. The van der Waals surface area contributed by atoms with Crippen LogP contribution in [0.15, 0.2) is 0 Å². The van der Waals surface area contributed by atoms with E-state index in [1.165, 1.54) is 6.42 Å². The molecule has 7 nitrogen and oxygen atoms in total. The van der Waals surface area contributed by atoms with E-state index in [0.29, 0.717) is 5.92 Å². The molecular formula is C13H22N2O5. The van der Waals surface area contributed by atoms with Crippen LogP contribution in [0.2, 0.25) is 0 Å². The predicted molar refractivity (Wildman–Crippen MR) is 71.2 cm³/mol. The average Bonchev–Trinajstić information content (AvgIpc) is 2.38. The number of imide groups is 1. The van der Waals surface area contributed by atoms with Crippen LogP contribution in [0, 0.1) is 5.92 Å². The Morgan fingerprint density at radius 1 is 1.20 bits per heavy atom. The quantitative estimate of drug-likeness (QED) is 0.672. The summed E-state index contributed by atoms with van der Waals surface area (Å²) in [5.74, 6) is -1.35. The largest absolute Gasteiger partial charge is 0.480 e. The normalized spacial score (nSPS) is 22.1. The number of carbonyl (C=O) groups is 3. The number of urea groups is 1. The molecule has 0 bridgehead atoms. The fourth-order valence-electron chi connectivity index (χ4n) is 2.48. The number of nitrogens with one attached hydrogen (secondary N) is 2. The molecule has 1 aliphatic carbocycles. The highest BCUT2D eigenvalue weighted by molar-refractivity contribution is 5.95. The van der Waals surface area contributed by atoms with Crippen molar-refractivity contribution in [3.63, 3.8) is 0 Å². The van der Waals surface area contributed by atoms with Crippen LogP contribution >= 0.6 is 0 Å². The number of hydrogen-bond acceptors (Lipinski definition) is 4. The van der Waals surface area contributed by atoms with Crippen LogP contribution in [0.25, 0.3) is 0 Å². The summed E-state index contributed by atoms with van der Waals surface area (Å²) in [6, 6.07) is -0.444. The summed E-state index contributed by atoms with van der Waals surface area (Å²) in [5, 5.41) is 13.3. The number of ether oxygens (including phenoxy) is 1. The summed E-state index contributed by atoms with van der Waals surface area (Å²) in [7, 11) is 0. The third-order valence-electron chi connectivity index (χ3n) is 3.46. The molecule has 0 saturated heterocycles. The van der Waals surface area contributed by atoms with Crippen molar-refractivity contribution in [2.24, 2.45) is 5.92 Å². The molecule has 1 fully saturated rings. The number of rotatable bonds is 6. The van der Waals surface area contributed by atoms with Crippen molar-refractivity contribution >= 4 is 17.9 Å². The molecule has 0 spiro atoms. The van der Waals surface area contributed by atoms with Gasteiger partial charge in [-0.1, -0.05) is 26.2 Å². The van der Waals surface area contributed by atoms with Gasteiger partial charge in [0.15, 0.2) is 0 Å². The number of carboxylic acids is 1. The molecule has 2 atom stereocenters. The molecule has 0 heterocycles. The van der Waals surface area contributed by atoms with Gasteiger partial charge < -0.3 is 15.2 Å². The molecule has 3 amide bonds. The molecule has 0 aromatic carbocycles. The Bertz CT molecular complexity index is 359. The molecule has 0 aromatic rings. The summed E-state index contributed by atoms with van der Waals surface area (Å²) >= 11 is 0. The van der Waals surface area contributed by atoms with E-state index in [2.05, 4.69) is 22.3 Å². The molecule has 0 aromatic heterocycles. The topological polar surface area (TPSA) is 105 Å². The second-order valence-electron chi connectivity index (χ2n) is 4.97. The van der Waals surface area contributed by atoms with Gasteiger partial charge in [-0.2, -0.15) is 0 Å². The van der Waals surface area contributed by atoms with E-state index in [0.717, 1.165) is 25.7 Å². The standard InChI is InChI=1S/C13H22N2O5/c1-2-9-5-3-4-6-10(9)14-13(19)15-11(16)7-20-8-12(17)18/h9-10H,2-8H2,1H3,(H,17,18)(H2,14,15,16,19). The van der Waals surface area contributed by atoms with Gasteiger partial charge in [0.2, 0.25) is 0 Å². The summed E-state index contributed by atoms with van der Waals surface area (Å²) in [5.41, 5.74) is 0. The minimum Gasteiger partial charge on any atom is -0.480 e. The highest BCUT2D eigenvalue weighted by Crippen LogP contribution is 2.26. The van der Waals surface area contributed by atoms with Crippen LogP contribution in [0.5, 0.6) is 0 Å². The molecule has 114 valence electrons. The van der Waals surface area contributed by atoms with E-state index in [9.17, 15) is 14.4 Å². The molecule has 7 heteroatoms. The van der Waals surface area contributed by atoms with Crippen LogP contribution in [0.4, 0.5) is 4.79 Å². The van der Waals surface area contributed by atoms with E-state index in [4.69, 9.17) is 5.11 Å². The maximum Gasteiger partial charge on any atom is 0.329 e. The van der Waals surface area contributed by atoms with Crippen molar-refractivity contribution in [2.75, 3.05) is 13.2 Å². The summed E-state index contributed by atoms with van der Waals surface area (Å²) in [6.07, 6.45) is 5.28. The van der Waals surface area contributed by atoms with Crippen molar-refractivity contribution < 1.29 is 24.2 Å². The third kappa shape index (κ3) is 6.01. The van der Waals surface area contributed by atoms with Crippen LogP contribution in [-0.4, -0.2) is 42.3 Å². The molecular weight excluding hydrogens is 264 g/mol. The minimum atomic E-state index is -1.16. The van der Waals surface area contributed by atoms with Crippen molar-refractivity contribution in [2.45, 2.75) is 45.1 Å². The van der Waals surface area contributed by atoms with Crippen molar-refractivity contribution in [3.05, 3.63) is 0 Å². The van der Waals surface area contributed by atoms with E-state index in [1.807, 2.05) is 0 Å². The van der Waals surface area contributed by atoms with Crippen LogP contribution in [-0.2, 0) is 14.3 Å². The monoisotopic (exact) mass is 286 g/mol. The van der Waals surface area contributed by atoms with E-state index < -0.39 is 31.1 Å². The fourth-order valence-corrected chi connectivity index (χ4v) is 2.48. The Morgan fingerprint density at radius 3 is 2.55 bits per heavy atom. The Hall–Kier alpha value is -1.63. The van der Waals surface area contributed by atoms with E-state index in [1.54, 1.807) is 0 Å². The minimum absolute atomic E-state index is 0.0986. The van der Waals surface area contributed by atoms with Gasteiger partial charge in [-0.15, -0.1) is 0 Å². The molecule has 0 radical (unpaired) electrons. The van der Waals surface area contributed by atoms with Gasteiger partial charge >= 0.3 is 12.0 Å². The SMILES string of the molecule is CCC1CCCCC1NC(=O)NC(=O)COCC(=O)O. The number of carbonyl (C=O) groups excluding carboxylic acids is 2. The summed E-state index contributed by atoms with van der Waals surface area (Å²) < 4.78 is 4.60. The average molecular weight is 286 g/mol. The lowest BCUT2D eigenvalue weighted by molar-refractivity contribution is -0.143. The Labute approximate surface area is 118 Å². The highest BCUT2D eigenvalue weighted by atomic mass is 16.5. The van der Waals surface area contributed by atoms with Crippen LogP contribution in [0.3, 0.4) is 0 Å². The Morgan fingerprint density at radius 2 is 1.90 bits per heavy atom. The molecule has 20 heavy (non-hydrogen) atoms. The zero-order valence-electron chi connectivity index (χ0n) is 11.7. The smallest absolute Gasteiger partial charge is 0.329 e. The summed E-state index contributed by atoms with van der Waals surface area (Å²) in [4.78, 5) is 33.2. The Kier molecular flexibility index (Phi) is 7.00. The lowest BCUT2D eigenvalue weighted by Gasteiger charge is -2.31. The number of amides is 3. The molecule has 2 unspecified atom stereocenters. The fraction of sp³-hybridized carbons (Fsp3) is 0.769. The molecule has 1 rings (SSSR count). The zero-order chi connectivity index (χ0) is 15.0. The van der Waals surface area contributed by atoms with E-state index >= 15 is 0 Å². The first-order valence-corrected chi connectivity index (χ1v) is 6.92. The van der Waals surface area contributed by atoms with Gasteiger partial charge in [0.05, 0.1) is 0 Å². The number of carboxylic acid groups (broad SMARTS) is 1. The van der Waals surface area contributed by atoms with Crippen molar-refractivity contribution in [1.82, 2.24) is 10.6 Å². The van der Waals surface area contributed by atoms with Crippen molar-refractivity contribution in [3.8, 4) is 0 Å². The highest BCUT2D eigenvalue weighted by Gasteiger charge is 2.25. The Balaban J connectivity index is 2.27. The maximum atomic E-state index is 11.7. The lowest BCUT2D eigenvalue weighted by atomic mass is 9.83. The first kappa shape index (κ1) is 16.4. The second-order valence-corrected chi connectivity index (χ2v) is 4.97. The van der Waals surface area contributed by atoms with Gasteiger partial charge in [0.1, 0.15) is 13.2 Å². The maximum absolute atomic E-state index is 11.7. The van der Waals surface area contributed by atoms with Crippen molar-refractivity contribution in [1.29, 1.82) is 0 Å². The van der Waals surface area contributed by atoms with Gasteiger partial charge in [-0.3, -0.25) is 10.1 Å². The molecule has 1 aliphatic rings. The lowest BCUT2D eigenvalue weighted by Crippen LogP contribution is -2.49. The predicted octanol–water partition coefficient (Wildman–Crippen LogP) is 0.882. The molecule has 1 saturated carbocycles. The number of aliphatic carboxylic acids is 1. The first-order chi connectivity index (χ1) is 9.52. The van der Waals surface area contributed by atoms with E-state index in [-0.39, 0.29) is 6.04 Å². The van der Waals surface area contributed by atoms with Gasteiger partial charge in [-0.25, -0.2) is 9.59 Å². The van der Waals surface area contributed by atoms with Crippen LogP contribution < -0.4 is 10.6 Å². The van der Waals surface area contributed by atoms with Gasteiger partial charge in [0.25, 0.3) is 5.91 Å².